The molecule has 0 aromatic heterocycles. The minimum absolute atomic E-state index is 0. The van der Waals surface area contributed by atoms with Crippen LogP contribution in [-0.4, -0.2) is 185 Å². The average Bonchev–Trinajstić information content (AvgIpc) is 2.95. The molecule has 0 aliphatic rings. The summed E-state index contributed by atoms with van der Waals surface area (Å²) in [5, 5.41) is 0. The molecule has 13 nitrogen and oxygen atoms in total. The van der Waals surface area contributed by atoms with Crippen LogP contribution >= 0.6 is 0 Å². The van der Waals surface area contributed by atoms with Gasteiger partial charge >= 0.3 is 0 Å². The monoisotopic (exact) mass is 623 g/mol. The summed E-state index contributed by atoms with van der Waals surface area (Å²) in [6.07, 6.45) is 0. The third kappa shape index (κ3) is 34.1. The van der Waals surface area contributed by atoms with Crippen molar-refractivity contribution in [3.8, 4) is 0 Å². The van der Waals surface area contributed by atoms with Gasteiger partial charge in [-0.1, -0.05) is 0 Å². The second kappa shape index (κ2) is 36.0. The standard InChI is InChI=1S/C27H58NO12.ClH/c1-28(27-40-26-25-39-24-21-36-14-11-31-4,5-7-32-15-17-37-22-19-34-12-9-29-2)6-8-33-16-18-38-23-20-35-13-10-30-3;/h5-27H2,1-4H3;1H/q+1;/p-1. The molecule has 0 aliphatic carbocycles. The highest BCUT2D eigenvalue weighted by molar-refractivity contribution is 4.41. The Bertz CT molecular complexity index is 460. The Morgan fingerprint density at radius 3 is 0.805 bits per heavy atom. The third-order valence-electron chi connectivity index (χ3n) is 5.48. The normalized spacial score (nSPS) is 11.7. The third-order valence-corrected chi connectivity index (χ3v) is 5.48. The summed E-state index contributed by atoms with van der Waals surface area (Å²) in [5.41, 5.74) is 0. The van der Waals surface area contributed by atoms with Crippen molar-refractivity contribution in [3.63, 3.8) is 0 Å². The topological polar surface area (TPSA) is 111 Å². The van der Waals surface area contributed by atoms with Gasteiger partial charge in [0, 0.05) is 21.3 Å². The molecule has 0 radical (unpaired) electrons. The van der Waals surface area contributed by atoms with Gasteiger partial charge in [-0.2, -0.15) is 0 Å². The highest BCUT2D eigenvalue weighted by Crippen LogP contribution is 2.04. The van der Waals surface area contributed by atoms with Crippen LogP contribution in [0.15, 0.2) is 0 Å². The highest BCUT2D eigenvalue weighted by Gasteiger charge is 2.21. The quantitative estimate of drug-likeness (QED) is 0.0422. The van der Waals surface area contributed by atoms with Crippen LogP contribution < -0.4 is 12.4 Å². The van der Waals surface area contributed by atoms with Crippen LogP contribution in [0.1, 0.15) is 0 Å². The number of hydrogen-bond acceptors (Lipinski definition) is 12. The van der Waals surface area contributed by atoms with Crippen molar-refractivity contribution in [1.29, 1.82) is 0 Å². The largest absolute Gasteiger partial charge is 1.00 e. The van der Waals surface area contributed by atoms with Crippen LogP contribution in [0.5, 0.6) is 0 Å². The van der Waals surface area contributed by atoms with Crippen molar-refractivity contribution in [3.05, 3.63) is 0 Å². The summed E-state index contributed by atoms with van der Waals surface area (Å²) >= 11 is 0. The van der Waals surface area contributed by atoms with E-state index in [0.717, 1.165) is 13.1 Å². The minimum atomic E-state index is 0. The van der Waals surface area contributed by atoms with Crippen LogP contribution in [-0.2, 0) is 56.8 Å². The van der Waals surface area contributed by atoms with Gasteiger partial charge in [-0.25, -0.2) is 0 Å². The van der Waals surface area contributed by atoms with Gasteiger partial charge in [0.1, 0.15) is 13.1 Å². The maximum absolute atomic E-state index is 5.93. The van der Waals surface area contributed by atoms with Crippen molar-refractivity contribution in [1.82, 2.24) is 0 Å². The molecule has 0 aromatic rings. The first-order valence-corrected chi connectivity index (χ1v) is 14.2. The molecule has 0 saturated carbocycles. The second-order valence-electron chi connectivity index (χ2n) is 8.98. The smallest absolute Gasteiger partial charge is 0.183 e. The van der Waals surface area contributed by atoms with Crippen molar-refractivity contribution in [2.75, 3.05) is 180 Å². The number of nitrogens with zero attached hydrogens (tertiary/aromatic N) is 1. The van der Waals surface area contributed by atoms with Crippen molar-refractivity contribution >= 4 is 0 Å². The summed E-state index contributed by atoms with van der Waals surface area (Å²) in [5.74, 6) is 0. The molecule has 14 heteroatoms. The van der Waals surface area contributed by atoms with Crippen LogP contribution in [0.3, 0.4) is 0 Å². The summed E-state index contributed by atoms with van der Waals surface area (Å²) in [6.45, 7) is 13.2. The van der Waals surface area contributed by atoms with Crippen LogP contribution in [0.2, 0.25) is 0 Å². The van der Waals surface area contributed by atoms with E-state index in [1.54, 1.807) is 21.3 Å². The first-order chi connectivity index (χ1) is 19.7. The molecule has 0 bridgehead atoms. The lowest BCUT2D eigenvalue weighted by molar-refractivity contribution is -0.928. The van der Waals surface area contributed by atoms with Gasteiger partial charge in [-0.3, -0.25) is 4.48 Å². The lowest BCUT2D eigenvalue weighted by Gasteiger charge is -2.33. The number of methoxy groups -OCH3 is 3. The second-order valence-corrected chi connectivity index (χ2v) is 8.98. The summed E-state index contributed by atoms with van der Waals surface area (Å²) < 4.78 is 65.7. The zero-order valence-corrected chi connectivity index (χ0v) is 26.7. The molecular formula is C27H58ClNO12. The van der Waals surface area contributed by atoms with Crippen molar-refractivity contribution in [2.45, 2.75) is 0 Å². The first kappa shape index (κ1) is 42.9. The van der Waals surface area contributed by atoms with Gasteiger partial charge in [-0.05, 0) is 0 Å². The molecule has 0 amide bonds. The van der Waals surface area contributed by atoms with E-state index in [9.17, 15) is 0 Å². The molecule has 0 atom stereocenters. The SMILES string of the molecule is COCCOCCOCCOCC[N+](C)(CCOCCOCCOCCOC)COCCOCCOCCOC.[Cl-]. The van der Waals surface area contributed by atoms with E-state index in [1.807, 2.05) is 0 Å². The Labute approximate surface area is 254 Å². The van der Waals surface area contributed by atoms with Crippen LogP contribution in [0.25, 0.3) is 0 Å². The fourth-order valence-corrected chi connectivity index (χ4v) is 3.05. The van der Waals surface area contributed by atoms with Gasteiger partial charge in [0.05, 0.1) is 139 Å². The lowest BCUT2D eigenvalue weighted by Crippen LogP contribution is -3.00. The summed E-state index contributed by atoms with van der Waals surface area (Å²) in [7, 11) is 7.09. The predicted molar refractivity (Wildman–Crippen MR) is 149 cm³/mol. The van der Waals surface area contributed by atoms with E-state index >= 15 is 0 Å². The zero-order chi connectivity index (χ0) is 29.2. The van der Waals surface area contributed by atoms with Gasteiger partial charge in [-0.15, -0.1) is 0 Å². The predicted octanol–water partition coefficient (Wildman–Crippen LogP) is -2.52. The van der Waals surface area contributed by atoms with Gasteiger partial charge in [0.2, 0.25) is 0 Å². The van der Waals surface area contributed by atoms with E-state index in [2.05, 4.69) is 7.05 Å². The van der Waals surface area contributed by atoms with Gasteiger partial charge in [0.25, 0.3) is 0 Å². The minimum Gasteiger partial charge on any atom is -1.00 e. The highest BCUT2D eigenvalue weighted by atomic mass is 35.5. The van der Waals surface area contributed by atoms with E-state index in [-0.39, 0.29) is 12.4 Å². The number of hydrogen-bond donors (Lipinski definition) is 0. The van der Waals surface area contributed by atoms with Crippen LogP contribution in [0.4, 0.5) is 0 Å². The summed E-state index contributed by atoms with van der Waals surface area (Å²) in [6, 6.07) is 0. The molecule has 0 aromatic carbocycles. The Hall–Kier alpha value is -0.230. The molecule has 41 heavy (non-hydrogen) atoms. The van der Waals surface area contributed by atoms with E-state index in [0.29, 0.717) is 143 Å². The fraction of sp³-hybridized carbons (Fsp3) is 1.00. The Morgan fingerprint density at radius 1 is 0.317 bits per heavy atom. The van der Waals surface area contributed by atoms with Crippen molar-refractivity contribution < 1.29 is 73.7 Å². The average molecular weight is 624 g/mol. The molecule has 0 rings (SSSR count). The van der Waals surface area contributed by atoms with Gasteiger partial charge in [0.15, 0.2) is 6.73 Å². The number of likely N-dealkylation sites (N-methyl/N-ethyl adjacent to an activating group) is 1. The lowest BCUT2D eigenvalue weighted by atomic mass is 10.4. The maximum Gasteiger partial charge on any atom is 0.183 e. The molecule has 0 fully saturated rings. The molecule has 0 aliphatic heterocycles. The maximum atomic E-state index is 5.93. The Balaban J connectivity index is 0. The molecule has 0 heterocycles. The fourth-order valence-electron chi connectivity index (χ4n) is 3.05. The number of quaternary nitrogens is 1. The Kier molecular flexibility index (Phi) is 37.6. The Morgan fingerprint density at radius 2 is 0.537 bits per heavy atom. The number of rotatable bonds is 35. The van der Waals surface area contributed by atoms with E-state index in [1.165, 1.54) is 0 Å². The van der Waals surface area contributed by atoms with E-state index in [4.69, 9.17) is 56.8 Å². The van der Waals surface area contributed by atoms with Crippen molar-refractivity contribution in [2.24, 2.45) is 0 Å². The number of ether oxygens (including phenoxy) is 12. The van der Waals surface area contributed by atoms with Gasteiger partial charge < -0.3 is 69.2 Å². The zero-order valence-electron chi connectivity index (χ0n) is 26.0. The summed E-state index contributed by atoms with van der Waals surface area (Å²) in [4.78, 5) is 0. The first-order valence-electron chi connectivity index (χ1n) is 14.2. The number of halogens is 1. The molecule has 0 saturated heterocycles. The molecule has 0 unspecified atom stereocenters. The molecule has 250 valence electrons. The molecule has 0 N–H and O–H groups in total. The van der Waals surface area contributed by atoms with E-state index < -0.39 is 0 Å². The molecular weight excluding hydrogens is 566 g/mol. The van der Waals surface area contributed by atoms with Crippen LogP contribution in [0, 0.1) is 0 Å². The molecule has 0 spiro atoms.